The average Bonchev–Trinajstić information content (AvgIpc) is 3.12. The Labute approximate surface area is 164 Å². The maximum Gasteiger partial charge on any atom is 0.321 e. The van der Waals surface area contributed by atoms with Crippen LogP contribution in [0.1, 0.15) is 22.8 Å². The Bertz CT molecular complexity index is 904. The lowest BCUT2D eigenvalue weighted by Gasteiger charge is -2.16. The average molecular weight is 380 g/mol. The zero-order chi connectivity index (χ0) is 19.9. The molecule has 7 nitrogen and oxygen atoms in total. The number of nitrogens with zero attached hydrogens (tertiary/aromatic N) is 3. The van der Waals surface area contributed by atoms with Crippen molar-refractivity contribution in [1.29, 1.82) is 0 Å². The van der Waals surface area contributed by atoms with Crippen molar-refractivity contribution in [2.24, 2.45) is 0 Å². The standard InChI is InChI=1S/C21H24N4O3/c1-15-11-16(2)13-18(12-15)27-14-20-23-19(24-28-20)9-10-25(3)21(26)22-17-7-5-4-6-8-17/h4-8,11-13H,9-10,14H2,1-3H3,(H,22,26). The highest BCUT2D eigenvalue weighted by atomic mass is 16.5. The molecule has 0 unspecified atom stereocenters. The normalized spacial score (nSPS) is 10.5. The molecule has 0 aliphatic heterocycles. The molecule has 0 aliphatic rings. The Morgan fingerprint density at radius 1 is 1.14 bits per heavy atom. The van der Waals surface area contributed by atoms with E-state index in [9.17, 15) is 4.79 Å². The molecule has 2 amide bonds. The van der Waals surface area contributed by atoms with E-state index in [1.807, 2.05) is 56.3 Å². The van der Waals surface area contributed by atoms with Crippen LogP contribution in [0.4, 0.5) is 10.5 Å². The molecule has 0 fully saturated rings. The third kappa shape index (κ3) is 5.57. The van der Waals surface area contributed by atoms with Crippen molar-refractivity contribution >= 4 is 11.7 Å². The van der Waals surface area contributed by atoms with E-state index >= 15 is 0 Å². The molecule has 0 spiro atoms. The topological polar surface area (TPSA) is 80.5 Å². The maximum atomic E-state index is 12.2. The Balaban J connectivity index is 1.47. The Kier molecular flexibility index (Phi) is 6.26. The maximum absolute atomic E-state index is 12.2. The van der Waals surface area contributed by atoms with Crippen molar-refractivity contribution in [3.63, 3.8) is 0 Å². The minimum atomic E-state index is -0.187. The fourth-order valence-corrected chi connectivity index (χ4v) is 2.72. The van der Waals surface area contributed by atoms with Gasteiger partial charge in [0.05, 0.1) is 0 Å². The molecule has 0 radical (unpaired) electrons. The molecule has 1 heterocycles. The van der Waals surface area contributed by atoms with Crippen molar-refractivity contribution in [2.75, 3.05) is 18.9 Å². The van der Waals surface area contributed by atoms with Gasteiger partial charge in [0.2, 0.25) is 0 Å². The second-order valence-corrected chi connectivity index (χ2v) is 6.68. The molecule has 0 saturated heterocycles. The van der Waals surface area contributed by atoms with Crippen molar-refractivity contribution in [3.8, 4) is 5.75 Å². The molecule has 146 valence electrons. The van der Waals surface area contributed by atoms with Crippen LogP contribution in [0.5, 0.6) is 5.75 Å². The Hall–Kier alpha value is -3.35. The minimum absolute atomic E-state index is 0.187. The zero-order valence-electron chi connectivity index (χ0n) is 16.3. The van der Waals surface area contributed by atoms with Gasteiger partial charge >= 0.3 is 6.03 Å². The fourth-order valence-electron chi connectivity index (χ4n) is 2.72. The molecular weight excluding hydrogens is 356 g/mol. The van der Waals surface area contributed by atoms with E-state index in [2.05, 4.69) is 21.5 Å². The number of carbonyl (C=O) groups excluding carboxylic acids is 1. The molecule has 7 heteroatoms. The van der Waals surface area contributed by atoms with E-state index in [0.717, 1.165) is 22.6 Å². The van der Waals surface area contributed by atoms with E-state index in [-0.39, 0.29) is 12.6 Å². The van der Waals surface area contributed by atoms with Crippen LogP contribution in [0, 0.1) is 13.8 Å². The summed E-state index contributed by atoms with van der Waals surface area (Å²) >= 11 is 0. The fraction of sp³-hybridized carbons (Fsp3) is 0.286. The van der Waals surface area contributed by atoms with E-state index in [1.165, 1.54) is 0 Å². The molecule has 0 bridgehead atoms. The number of carbonyl (C=O) groups is 1. The van der Waals surface area contributed by atoms with Gasteiger partial charge in [-0.05, 0) is 49.2 Å². The van der Waals surface area contributed by atoms with Gasteiger partial charge in [-0.1, -0.05) is 29.4 Å². The van der Waals surface area contributed by atoms with Crippen molar-refractivity contribution in [1.82, 2.24) is 15.0 Å². The smallest absolute Gasteiger partial charge is 0.321 e. The number of hydrogen-bond acceptors (Lipinski definition) is 5. The largest absolute Gasteiger partial charge is 0.484 e. The predicted octanol–water partition coefficient (Wildman–Crippen LogP) is 3.97. The van der Waals surface area contributed by atoms with E-state index in [0.29, 0.717) is 24.7 Å². The van der Waals surface area contributed by atoms with Gasteiger partial charge in [0.1, 0.15) is 5.75 Å². The summed E-state index contributed by atoms with van der Waals surface area (Å²) in [6, 6.07) is 15.1. The van der Waals surface area contributed by atoms with Crippen LogP contribution in [0.15, 0.2) is 53.1 Å². The first-order chi connectivity index (χ1) is 13.5. The number of hydrogen-bond donors (Lipinski definition) is 1. The monoisotopic (exact) mass is 380 g/mol. The van der Waals surface area contributed by atoms with Gasteiger partial charge in [-0.3, -0.25) is 0 Å². The number of para-hydroxylation sites is 1. The van der Waals surface area contributed by atoms with Gasteiger partial charge in [0, 0.05) is 25.7 Å². The van der Waals surface area contributed by atoms with Crippen LogP contribution < -0.4 is 10.1 Å². The summed E-state index contributed by atoms with van der Waals surface area (Å²) in [6.07, 6.45) is 0.492. The highest BCUT2D eigenvalue weighted by Gasteiger charge is 2.12. The first-order valence-corrected chi connectivity index (χ1v) is 9.09. The van der Waals surface area contributed by atoms with Gasteiger partial charge in [-0.2, -0.15) is 4.98 Å². The second kappa shape index (κ2) is 9.03. The molecular formula is C21H24N4O3. The first-order valence-electron chi connectivity index (χ1n) is 9.09. The molecule has 0 atom stereocenters. The van der Waals surface area contributed by atoms with Crippen molar-refractivity contribution in [3.05, 3.63) is 71.4 Å². The van der Waals surface area contributed by atoms with E-state index in [1.54, 1.807) is 11.9 Å². The van der Waals surface area contributed by atoms with Crippen LogP contribution in [0.3, 0.4) is 0 Å². The summed E-state index contributed by atoms with van der Waals surface area (Å²) in [5.41, 5.74) is 3.03. The second-order valence-electron chi connectivity index (χ2n) is 6.68. The van der Waals surface area contributed by atoms with Gasteiger partial charge in [0.25, 0.3) is 5.89 Å². The van der Waals surface area contributed by atoms with Crippen molar-refractivity contribution < 1.29 is 14.1 Å². The van der Waals surface area contributed by atoms with Crippen LogP contribution in [0.25, 0.3) is 0 Å². The molecule has 3 aromatic rings. The summed E-state index contributed by atoms with van der Waals surface area (Å²) in [7, 11) is 1.72. The van der Waals surface area contributed by atoms with Crippen LogP contribution in [-0.2, 0) is 13.0 Å². The van der Waals surface area contributed by atoms with Gasteiger partial charge < -0.3 is 19.5 Å². The number of amides is 2. The number of aromatic nitrogens is 2. The Morgan fingerprint density at radius 2 is 1.86 bits per heavy atom. The molecule has 2 aromatic carbocycles. The van der Waals surface area contributed by atoms with Gasteiger partial charge in [-0.15, -0.1) is 0 Å². The Morgan fingerprint density at radius 3 is 2.57 bits per heavy atom. The lowest BCUT2D eigenvalue weighted by atomic mass is 10.1. The number of ether oxygens (including phenoxy) is 1. The van der Waals surface area contributed by atoms with Crippen molar-refractivity contribution in [2.45, 2.75) is 26.9 Å². The lowest BCUT2D eigenvalue weighted by Crippen LogP contribution is -2.33. The summed E-state index contributed by atoms with van der Waals surface area (Å²) in [6.45, 7) is 4.72. The van der Waals surface area contributed by atoms with Gasteiger partial charge in [-0.25, -0.2) is 4.79 Å². The third-order valence-corrected chi connectivity index (χ3v) is 4.11. The SMILES string of the molecule is Cc1cc(C)cc(OCc2nc(CCN(C)C(=O)Nc3ccccc3)no2)c1. The van der Waals surface area contributed by atoms with Crippen LogP contribution in [0.2, 0.25) is 0 Å². The quantitative estimate of drug-likeness (QED) is 0.671. The minimum Gasteiger partial charge on any atom is -0.484 e. The number of urea groups is 1. The lowest BCUT2D eigenvalue weighted by molar-refractivity contribution is 0.222. The molecule has 1 aromatic heterocycles. The zero-order valence-corrected chi connectivity index (χ0v) is 16.3. The third-order valence-electron chi connectivity index (χ3n) is 4.11. The number of aryl methyl sites for hydroxylation is 2. The van der Waals surface area contributed by atoms with Crippen LogP contribution >= 0.6 is 0 Å². The molecule has 0 saturated carbocycles. The number of nitrogens with one attached hydrogen (secondary N) is 1. The molecule has 3 rings (SSSR count). The molecule has 0 aliphatic carbocycles. The van der Waals surface area contributed by atoms with Crippen LogP contribution in [-0.4, -0.2) is 34.7 Å². The van der Waals surface area contributed by atoms with Gasteiger partial charge in [0.15, 0.2) is 12.4 Å². The summed E-state index contributed by atoms with van der Waals surface area (Å²) in [5.74, 6) is 1.72. The number of likely N-dealkylation sites (N-methyl/N-ethyl adjacent to an activating group) is 1. The summed E-state index contributed by atoms with van der Waals surface area (Å²) in [4.78, 5) is 18.1. The number of anilines is 1. The highest BCUT2D eigenvalue weighted by molar-refractivity contribution is 5.89. The molecule has 1 N–H and O–H groups in total. The summed E-state index contributed by atoms with van der Waals surface area (Å²) < 4.78 is 11.0. The number of benzene rings is 2. The predicted molar refractivity (Wildman–Crippen MR) is 106 cm³/mol. The number of rotatable bonds is 7. The van der Waals surface area contributed by atoms with E-state index < -0.39 is 0 Å². The molecule has 28 heavy (non-hydrogen) atoms. The first kappa shape index (κ1) is 19.4. The summed E-state index contributed by atoms with van der Waals surface area (Å²) in [5, 5.41) is 6.79. The van der Waals surface area contributed by atoms with E-state index in [4.69, 9.17) is 9.26 Å². The highest BCUT2D eigenvalue weighted by Crippen LogP contribution is 2.17.